The van der Waals surface area contributed by atoms with Gasteiger partial charge in [0, 0.05) is 17.7 Å². The van der Waals surface area contributed by atoms with Crippen LogP contribution in [0.3, 0.4) is 0 Å². The lowest BCUT2D eigenvalue weighted by Crippen LogP contribution is -2.05. The van der Waals surface area contributed by atoms with Gasteiger partial charge in [0.15, 0.2) is 10.6 Å². The average molecular weight is 313 g/mol. The molecule has 19 heavy (non-hydrogen) atoms. The van der Waals surface area contributed by atoms with E-state index >= 15 is 0 Å². The molecule has 2 aromatic heterocycles. The third kappa shape index (κ3) is 2.65. The molecule has 0 unspecified atom stereocenters. The Kier molecular flexibility index (Phi) is 4.07. The maximum Gasteiger partial charge on any atom is 0.195 e. The minimum Gasteiger partial charge on any atom is -0.383 e. The van der Waals surface area contributed by atoms with Crippen LogP contribution in [-0.4, -0.2) is 34.2 Å². The zero-order valence-corrected chi connectivity index (χ0v) is 13.1. The maximum absolute atomic E-state index is 5.28. The fraction of sp³-hybridized carbons (Fsp3) is 0.500. The minimum atomic E-state index is 0.641. The van der Waals surface area contributed by atoms with Crippen molar-refractivity contribution < 1.29 is 4.74 Å². The van der Waals surface area contributed by atoms with Crippen molar-refractivity contribution in [1.82, 2.24) is 14.8 Å². The van der Waals surface area contributed by atoms with Crippen LogP contribution in [0.4, 0.5) is 0 Å². The van der Waals surface area contributed by atoms with E-state index in [0.29, 0.717) is 11.4 Å². The van der Waals surface area contributed by atoms with E-state index in [1.165, 1.54) is 27.5 Å². The molecule has 0 atom stereocenters. The summed E-state index contributed by atoms with van der Waals surface area (Å²) in [6.07, 6.45) is 1.17. The molecular formula is C12H15N3OS3. The molecule has 1 aliphatic rings. The molecule has 1 aliphatic heterocycles. The first-order valence-electron chi connectivity index (χ1n) is 6.13. The standard InChI is InChI=1S/C12H15N3OS3/c1-16-4-3-15-11(13-14-12(15)17)10-6-8-7-18-5-2-9(8)19-10/h6H,2-5,7H2,1H3,(H,14,17). The molecule has 4 nitrogen and oxygen atoms in total. The van der Waals surface area contributed by atoms with Gasteiger partial charge in [-0.15, -0.1) is 11.3 Å². The lowest BCUT2D eigenvalue weighted by molar-refractivity contribution is 0.187. The number of fused-ring (bicyclic) bond motifs is 1. The molecule has 1 N–H and O–H groups in total. The topological polar surface area (TPSA) is 42.8 Å². The molecule has 0 saturated carbocycles. The van der Waals surface area contributed by atoms with Crippen LogP contribution in [0.5, 0.6) is 0 Å². The Balaban J connectivity index is 1.97. The van der Waals surface area contributed by atoms with Gasteiger partial charge in [-0.2, -0.15) is 16.9 Å². The molecule has 2 aromatic rings. The third-order valence-corrected chi connectivity index (χ3v) is 5.68. The molecule has 0 aromatic carbocycles. The van der Waals surface area contributed by atoms with E-state index in [1.54, 1.807) is 7.11 Å². The maximum atomic E-state index is 5.28. The summed E-state index contributed by atoms with van der Waals surface area (Å²) in [5.41, 5.74) is 1.46. The first-order valence-corrected chi connectivity index (χ1v) is 8.51. The summed E-state index contributed by atoms with van der Waals surface area (Å²) in [5, 5.41) is 7.26. The highest BCUT2D eigenvalue weighted by Crippen LogP contribution is 2.36. The number of hydrogen-bond donors (Lipinski definition) is 1. The van der Waals surface area contributed by atoms with E-state index in [-0.39, 0.29) is 0 Å². The van der Waals surface area contributed by atoms with Gasteiger partial charge < -0.3 is 4.74 Å². The van der Waals surface area contributed by atoms with Crippen molar-refractivity contribution in [3.8, 4) is 10.7 Å². The van der Waals surface area contributed by atoms with Gasteiger partial charge in [-0.05, 0) is 36.0 Å². The smallest absolute Gasteiger partial charge is 0.195 e. The van der Waals surface area contributed by atoms with Crippen LogP contribution < -0.4 is 0 Å². The van der Waals surface area contributed by atoms with Crippen molar-refractivity contribution in [1.29, 1.82) is 0 Å². The zero-order chi connectivity index (χ0) is 13.2. The van der Waals surface area contributed by atoms with E-state index in [1.807, 2.05) is 27.7 Å². The summed E-state index contributed by atoms with van der Waals surface area (Å²) >= 11 is 9.13. The number of ether oxygens (including phenoxy) is 1. The van der Waals surface area contributed by atoms with Crippen molar-refractivity contribution in [2.45, 2.75) is 18.7 Å². The number of aromatic amines is 1. The molecule has 0 aliphatic carbocycles. The predicted octanol–water partition coefficient (Wildman–Crippen LogP) is 3.10. The predicted molar refractivity (Wildman–Crippen MR) is 82.5 cm³/mol. The molecule has 0 amide bonds. The van der Waals surface area contributed by atoms with Crippen LogP contribution >= 0.6 is 35.3 Å². The monoisotopic (exact) mass is 313 g/mol. The quantitative estimate of drug-likeness (QED) is 0.881. The van der Waals surface area contributed by atoms with Crippen LogP contribution in [0.1, 0.15) is 10.4 Å². The molecule has 102 valence electrons. The average Bonchev–Trinajstić information content (AvgIpc) is 2.99. The Morgan fingerprint density at radius 2 is 2.47 bits per heavy atom. The lowest BCUT2D eigenvalue weighted by atomic mass is 10.2. The molecule has 0 spiro atoms. The van der Waals surface area contributed by atoms with Crippen LogP contribution in [-0.2, 0) is 23.5 Å². The number of rotatable bonds is 4. The SMILES string of the molecule is COCCn1c(-c2cc3c(s2)CCSC3)n[nH]c1=S. The van der Waals surface area contributed by atoms with Crippen LogP contribution in [0.2, 0.25) is 0 Å². The summed E-state index contributed by atoms with van der Waals surface area (Å²) in [6, 6.07) is 2.26. The van der Waals surface area contributed by atoms with Crippen molar-refractivity contribution >= 4 is 35.3 Å². The minimum absolute atomic E-state index is 0.641. The third-order valence-electron chi connectivity index (χ3n) is 3.13. The number of methoxy groups -OCH3 is 1. The molecule has 3 rings (SSSR count). The van der Waals surface area contributed by atoms with E-state index in [9.17, 15) is 0 Å². The van der Waals surface area contributed by atoms with E-state index in [2.05, 4.69) is 16.3 Å². The second-order valence-electron chi connectivity index (χ2n) is 4.36. The van der Waals surface area contributed by atoms with Gasteiger partial charge in [-0.1, -0.05) is 0 Å². The fourth-order valence-corrected chi connectivity index (χ4v) is 4.75. The van der Waals surface area contributed by atoms with Gasteiger partial charge in [0.05, 0.1) is 18.0 Å². The highest BCUT2D eigenvalue weighted by atomic mass is 32.2. The van der Waals surface area contributed by atoms with Crippen molar-refractivity contribution in [2.24, 2.45) is 0 Å². The number of aromatic nitrogens is 3. The number of H-pyrrole nitrogens is 1. The Morgan fingerprint density at radius 1 is 1.58 bits per heavy atom. The van der Waals surface area contributed by atoms with Crippen molar-refractivity contribution in [3.63, 3.8) is 0 Å². The number of hydrogen-bond acceptors (Lipinski definition) is 5. The van der Waals surface area contributed by atoms with Crippen LogP contribution in [0.15, 0.2) is 6.07 Å². The summed E-state index contributed by atoms with van der Waals surface area (Å²) < 4.78 is 7.81. The van der Waals surface area contributed by atoms with Gasteiger partial charge in [-0.3, -0.25) is 9.67 Å². The summed E-state index contributed by atoms with van der Waals surface area (Å²) in [7, 11) is 1.70. The fourth-order valence-electron chi connectivity index (χ4n) is 2.15. The van der Waals surface area contributed by atoms with Crippen LogP contribution in [0.25, 0.3) is 10.7 Å². The Morgan fingerprint density at radius 3 is 3.26 bits per heavy atom. The Bertz CT molecular complexity index is 605. The largest absolute Gasteiger partial charge is 0.383 e. The van der Waals surface area contributed by atoms with E-state index < -0.39 is 0 Å². The molecule has 0 bridgehead atoms. The molecule has 0 radical (unpaired) electrons. The zero-order valence-electron chi connectivity index (χ0n) is 10.6. The number of nitrogens with zero attached hydrogens (tertiary/aromatic N) is 2. The van der Waals surface area contributed by atoms with Gasteiger partial charge in [-0.25, -0.2) is 0 Å². The summed E-state index contributed by atoms with van der Waals surface area (Å²) in [5.74, 6) is 3.28. The Hall–Kier alpha value is -0.630. The molecule has 0 fully saturated rings. The first kappa shape index (κ1) is 13.4. The highest BCUT2D eigenvalue weighted by molar-refractivity contribution is 7.98. The van der Waals surface area contributed by atoms with Crippen LogP contribution in [0, 0.1) is 4.77 Å². The number of aryl methyl sites for hydroxylation is 1. The van der Waals surface area contributed by atoms with Gasteiger partial charge in [0.2, 0.25) is 0 Å². The molecule has 0 saturated heterocycles. The summed E-state index contributed by atoms with van der Waals surface area (Å²) in [4.78, 5) is 2.71. The Labute approximate surface area is 125 Å². The normalized spacial score (nSPS) is 14.6. The molecular weight excluding hydrogens is 298 g/mol. The molecule has 7 heteroatoms. The highest BCUT2D eigenvalue weighted by Gasteiger charge is 2.17. The summed E-state index contributed by atoms with van der Waals surface area (Å²) in [6.45, 7) is 1.38. The lowest BCUT2D eigenvalue weighted by Gasteiger charge is -2.08. The first-order chi connectivity index (χ1) is 9.29. The van der Waals surface area contributed by atoms with E-state index in [4.69, 9.17) is 17.0 Å². The van der Waals surface area contributed by atoms with Gasteiger partial charge >= 0.3 is 0 Å². The second-order valence-corrected chi connectivity index (χ2v) is 6.99. The van der Waals surface area contributed by atoms with Crippen molar-refractivity contribution in [3.05, 3.63) is 21.3 Å². The second kappa shape index (κ2) is 5.78. The van der Waals surface area contributed by atoms with E-state index in [0.717, 1.165) is 18.1 Å². The number of thiophene rings is 1. The number of nitrogens with one attached hydrogen (secondary N) is 1. The van der Waals surface area contributed by atoms with Gasteiger partial charge in [0.25, 0.3) is 0 Å². The number of thioether (sulfide) groups is 1. The van der Waals surface area contributed by atoms with Gasteiger partial charge in [0.1, 0.15) is 0 Å². The molecule has 3 heterocycles. The van der Waals surface area contributed by atoms with Crippen molar-refractivity contribution in [2.75, 3.05) is 19.5 Å².